The van der Waals surface area contributed by atoms with E-state index in [0.717, 1.165) is 19.4 Å². The van der Waals surface area contributed by atoms with Crippen LogP contribution in [0.1, 0.15) is 24.3 Å². The van der Waals surface area contributed by atoms with Crippen LogP contribution in [0.5, 0.6) is 0 Å². The second-order valence-corrected chi connectivity index (χ2v) is 5.49. The largest absolute Gasteiger partial charge is 0.352 e. The maximum Gasteiger partial charge on any atom is 0.312 e. The molecule has 5 heteroatoms. The first-order chi connectivity index (χ1) is 8.66. The minimum atomic E-state index is -0.462. The van der Waals surface area contributed by atoms with Gasteiger partial charge in [0.05, 0.1) is 0 Å². The van der Waals surface area contributed by atoms with E-state index in [4.69, 9.17) is 5.73 Å². The SMILES string of the molecule is NC(=O)NCCNC1CC(c2ccccc2Br)C1. The van der Waals surface area contributed by atoms with Crippen LogP contribution >= 0.6 is 15.9 Å². The van der Waals surface area contributed by atoms with Crippen LogP contribution < -0.4 is 16.4 Å². The number of nitrogens with two attached hydrogens (primary N) is 1. The summed E-state index contributed by atoms with van der Waals surface area (Å²) in [6.07, 6.45) is 2.30. The molecule has 98 valence electrons. The van der Waals surface area contributed by atoms with Crippen molar-refractivity contribution in [1.82, 2.24) is 10.6 Å². The summed E-state index contributed by atoms with van der Waals surface area (Å²) in [5.74, 6) is 0.641. The number of hydrogen-bond donors (Lipinski definition) is 3. The number of urea groups is 1. The van der Waals surface area contributed by atoms with Crippen molar-refractivity contribution in [3.63, 3.8) is 0 Å². The molecule has 1 aromatic carbocycles. The third-order valence-corrected chi connectivity index (χ3v) is 4.06. The Bertz CT molecular complexity index is 418. The zero-order valence-corrected chi connectivity index (χ0v) is 11.7. The molecule has 1 aromatic rings. The van der Waals surface area contributed by atoms with Crippen LogP contribution in [0.4, 0.5) is 4.79 Å². The van der Waals surface area contributed by atoms with E-state index in [2.05, 4.69) is 44.8 Å². The summed E-state index contributed by atoms with van der Waals surface area (Å²) < 4.78 is 1.20. The minimum absolute atomic E-state index is 0.462. The van der Waals surface area contributed by atoms with Crippen molar-refractivity contribution in [1.29, 1.82) is 0 Å². The first-order valence-corrected chi connectivity index (χ1v) is 6.97. The lowest BCUT2D eigenvalue weighted by Crippen LogP contribution is -2.44. The average Bonchev–Trinajstić information content (AvgIpc) is 2.28. The molecule has 0 saturated heterocycles. The highest BCUT2D eigenvalue weighted by Crippen LogP contribution is 2.39. The summed E-state index contributed by atoms with van der Waals surface area (Å²) >= 11 is 3.59. The summed E-state index contributed by atoms with van der Waals surface area (Å²) in [5.41, 5.74) is 6.38. The number of amides is 2. The highest BCUT2D eigenvalue weighted by molar-refractivity contribution is 9.10. The van der Waals surface area contributed by atoms with Crippen LogP contribution in [0.2, 0.25) is 0 Å². The van der Waals surface area contributed by atoms with Crippen LogP contribution in [-0.2, 0) is 0 Å². The molecule has 0 aromatic heterocycles. The lowest BCUT2D eigenvalue weighted by molar-refractivity contribution is 0.247. The van der Waals surface area contributed by atoms with Crippen LogP contribution in [0.25, 0.3) is 0 Å². The summed E-state index contributed by atoms with van der Waals surface area (Å²) in [6, 6.07) is 8.48. The number of hydrogen-bond acceptors (Lipinski definition) is 2. The van der Waals surface area contributed by atoms with Crippen molar-refractivity contribution in [2.45, 2.75) is 24.8 Å². The van der Waals surface area contributed by atoms with E-state index in [9.17, 15) is 4.79 Å². The highest BCUT2D eigenvalue weighted by Gasteiger charge is 2.30. The van der Waals surface area contributed by atoms with E-state index >= 15 is 0 Å². The van der Waals surface area contributed by atoms with Gasteiger partial charge in [-0.2, -0.15) is 0 Å². The fraction of sp³-hybridized carbons (Fsp3) is 0.462. The predicted octanol–water partition coefficient (Wildman–Crippen LogP) is 1.95. The van der Waals surface area contributed by atoms with Crippen molar-refractivity contribution < 1.29 is 4.79 Å². The Morgan fingerprint density at radius 2 is 2.06 bits per heavy atom. The predicted molar refractivity (Wildman–Crippen MR) is 75.5 cm³/mol. The van der Waals surface area contributed by atoms with E-state index in [1.54, 1.807) is 0 Å². The molecule has 1 aliphatic rings. The van der Waals surface area contributed by atoms with Gasteiger partial charge in [-0.1, -0.05) is 34.1 Å². The highest BCUT2D eigenvalue weighted by atomic mass is 79.9. The van der Waals surface area contributed by atoms with Gasteiger partial charge >= 0.3 is 6.03 Å². The molecule has 4 nitrogen and oxygen atoms in total. The Kier molecular flexibility index (Phi) is 4.60. The summed E-state index contributed by atoms with van der Waals surface area (Å²) in [5, 5.41) is 5.98. The Balaban J connectivity index is 1.68. The van der Waals surface area contributed by atoms with Gasteiger partial charge < -0.3 is 16.4 Å². The Labute approximate surface area is 115 Å². The van der Waals surface area contributed by atoms with Gasteiger partial charge in [0, 0.05) is 23.6 Å². The second-order valence-electron chi connectivity index (χ2n) is 4.63. The molecule has 2 rings (SSSR count). The van der Waals surface area contributed by atoms with Crippen molar-refractivity contribution in [3.8, 4) is 0 Å². The number of halogens is 1. The first-order valence-electron chi connectivity index (χ1n) is 6.18. The topological polar surface area (TPSA) is 67.2 Å². The van der Waals surface area contributed by atoms with Crippen LogP contribution in [0.15, 0.2) is 28.7 Å². The molecule has 0 atom stereocenters. The summed E-state index contributed by atoms with van der Waals surface area (Å²) in [4.78, 5) is 10.5. The van der Waals surface area contributed by atoms with E-state index in [1.165, 1.54) is 10.0 Å². The minimum Gasteiger partial charge on any atom is -0.352 e. The van der Waals surface area contributed by atoms with E-state index in [1.807, 2.05) is 6.07 Å². The van der Waals surface area contributed by atoms with Gasteiger partial charge in [0.25, 0.3) is 0 Å². The Morgan fingerprint density at radius 3 is 2.72 bits per heavy atom. The molecule has 0 heterocycles. The standard InChI is InChI=1S/C13H18BrN3O/c14-12-4-2-1-3-11(12)9-7-10(8-9)16-5-6-17-13(15)18/h1-4,9-10,16H,5-8H2,(H3,15,17,18). The van der Waals surface area contributed by atoms with Gasteiger partial charge in [-0.05, 0) is 30.4 Å². The molecule has 2 amide bonds. The maximum absolute atomic E-state index is 10.5. The molecule has 0 radical (unpaired) electrons. The zero-order chi connectivity index (χ0) is 13.0. The third-order valence-electron chi connectivity index (χ3n) is 3.34. The van der Waals surface area contributed by atoms with Gasteiger partial charge in [0.2, 0.25) is 0 Å². The zero-order valence-electron chi connectivity index (χ0n) is 10.2. The van der Waals surface area contributed by atoms with Crippen LogP contribution in [0.3, 0.4) is 0 Å². The number of nitrogens with one attached hydrogen (secondary N) is 2. The van der Waals surface area contributed by atoms with Crippen LogP contribution in [-0.4, -0.2) is 25.2 Å². The van der Waals surface area contributed by atoms with Gasteiger partial charge in [0.1, 0.15) is 0 Å². The Morgan fingerprint density at radius 1 is 1.33 bits per heavy atom. The molecule has 1 aliphatic carbocycles. The summed E-state index contributed by atoms with van der Waals surface area (Å²) in [6.45, 7) is 1.36. The third kappa shape index (κ3) is 3.46. The summed E-state index contributed by atoms with van der Waals surface area (Å²) in [7, 11) is 0. The number of carbonyl (C=O) groups excluding carboxylic acids is 1. The first kappa shape index (κ1) is 13.4. The average molecular weight is 312 g/mol. The Hall–Kier alpha value is -1.07. The van der Waals surface area contributed by atoms with Gasteiger partial charge in [0.15, 0.2) is 0 Å². The lowest BCUT2D eigenvalue weighted by Gasteiger charge is -2.37. The van der Waals surface area contributed by atoms with Crippen molar-refractivity contribution in [3.05, 3.63) is 34.3 Å². The number of rotatable bonds is 5. The smallest absolute Gasteiger partial charge is 0.312 e. The van der Waals surface area contributed by atoms with Crippen LogP contribution in [0, 0.1) is 0 Å². The van der Waals surface area contributed by atoms with Crippen molar-refractivity contribution >= 4 is 22.0 Å². The fourth-order valence-electron chi connectivity index (χ4n) is 2.31. The second kappa shape index (κ2) is 6.20. The number of benzene rings is 1. The van der Waals surface area contributed by atoms with Crippen molar-refractivity contribution in [2.24, 2.45) is 5.73 Å². The van der Waals surface area contributed by atoms with Gasteiger partial charge in [-0.3, -0.25) is 0 Å². The molecular formula is C13H18BrN3O. The maximum atomic E-state index is 10.5. The molecule has 1 fully saturated rings. The normalized spacial score (nSPS) is 22.3. The molecule has 4 N–H and O–H groups in total. The molecule has 0 spiro atoms. The van der Waals surface area contributed by atoms with E-state index in [-0.39, 0.29) is 0 Å². The number of carbonyl (C=O) groups is 1. The lowest BCUT2D eigenvalue weighted by atomic mass is 9.76. The van der Waals surface area contributed by atoms with Gasteiger partial charge in [-0.25, -0.2) is 4.79 Å². The number of primary amides is 1. The van der Waals surface area contributed by atoms with E-state index < -0.39 is 6.03 Å². The monoisotopic (exact) mass is 311 g/mol. The molecule has 0 aliphatic heterocycles. The van der Waals surface area contributed by atoms with Crippen molar-refractivity contribution in [2.75, 3.05) is 13.1 Å². The van der Waals surface area contributed by atoms with E-state index in [0.29, 0.717) is 18.5 Å². The molecule has 0 unspecified atom stereocenters. The quantitative estimate of drug-likeness (QED) is 0.728. The fourth-order valence-corrected chi connectivity index (χ4v) is 2.92. The molecule has 1 saturated carbocycles. The molecular weight excluding hydrogens is 294 g/mol. The van der Waals surface area contributed by atoms with Gasteiger partial charge in [-0.15, -0.1) is 0 Å². The molecule has 0 bridgehead atoms. The molecule has 18 heavy (non-hydrogen) atoms.